The lowest BCUT2D eigenvalue weighted by molar-refractivity contribution is 0.185. The fourth-order valence-electron chi connectivity index (χ4n) is 2.98. The molecule has 0 atom stereocenters. The topological polar surface area (TPSA) is 0 Å². The molecule has 0 aromatic rings. The highest BCUT2D eigenvalue weighted by Crippen LogP contribution is 2.40. The maximum absolute atomic E-state index is 3.83. The van der Waals surface area contributed by atoms with Crippen LogP contribution < -0.4 is 0 Å². The predicted molar refractivity (Wildman–Crippen MR) is 75.8 cm³/mol. The number of allylic oxidation sites excluding steroid dienone is 1. The first-order chi connectivity index (χ1) is 7.74. The van der Waals surface area contributed by atoms with Crippen molar-refractivity contribution in [3.05, 3.63) is 12.7 Å². The smallest absolute Gasteiger partial charge is 0.0298 e. The van der Waals surface area contributed by atoms with Crippen LogP contribution in [0.4, 0.5) is 0 Å². The lowest BCUT2D eigenvalue weighted by Crippen LogP contribution is -2.20. The first-order valence-corrected chi connectivity index (χ1v) is 7.35. The number of hydrogen-bond acceptors (Lipinski definition) is 0. The Labute approximate surface area is 104 Å². The van der Waals surface area contributed by atoms with Gasteiger partial charge >= 0.3 is 0 Å². The zero-order valence-electron chi connectivity index (χ0n) is 11.9. The van der Waals surface area contributed by atoms with Crippen LogP contribution in [0.15, 0.2) is 12.7 Å². The molecule has 0 spiro atoms. The van der Waals surface area contributed by atoms with E-state index in [1.54, 1.807) is 0 Å². The van der Waals surface area contributed by atoms with E-state index in [9.17, 15) is 0 Å². The van der Waals surface area contributed by atoms with Crippen LogP contribution in [0.1, 0.15) is 85.0 Å². The second kappa shape index (κ2) is 9.93. The summed E-state index contributed by atoms with van der Waals surface area (Å²) in [7, 11) is 0. The standard InChI is InChI=1S/C16H32/c1-5-9-11-15-16(12-7-3,13-8-4)14-10-6-2/h5H,1,6-15H2,2-4H3. The minimum absolute atomic E-state index is 0.655. The molecule has 0 N–H and O–H groups in total. The van der Waals surface area contributed by atoms with Gasteiger partial charge in [0.25, 0.3) is 0 Å². The van der Waals surface area contributed by atoms with Crippen molar-refractivity contribution in [1.29, 1.82) is 0 Å². The summed E-state index contributed by atoms with van der Waals surface area (Å²) >= 11 is 0. The van der Waals surface area contributed by atoms with Crippen molar-refractivity contribution in [1.82, 2.24) is 0 Å². The zero-order valence-corrected chi connectivity index (χ0v) is 11.9. The Morgan fingerprint density at radius 2 is 1.38 bits per heavy atom. The van der Waals surface area contributed by atoms with Gasteiger partial charge in [0.05, 0.1) is 0 Å². The van der Waals surface area contributed by atoms with Gasteiger partial charge in [0, 0.05) is 0 Å². The maximum atomic E-state index is 3.83. The van der Waals surface area contributed by atoms with Gasteiger partial charge in [-0.15, -0.1) is 6.58 Å². The fraction of sp³-hybridized carbons (Fsp3) is 0.875. The highest BCUT2D eigenvalue weighted by atomic mass is 14.3. The van der Waals surface area contributed by atoms with Crippen molar-refractivity contribution in [2.45, 2.75) is 85.0 Å². The molecule has 0 rings (SSSR count). The Hall–Kier alpha value is -0.260. The molecule has 0 bridgehead atoms. The summed E-state index contributed by atoms with van der Waals surface area (Å²) in [4.78, 5) is 0. The molecular formula is C16H32. The molecule has 0 aromatic carbocycles. The van der Waals surface area contributed by atoms with Gasteiger partial charge in [-0.2, -0.15) is 0 Å². The summed E-state index contributed by atoms with van der Waals surface area (Å²) in [6.45, 7) is 10.8. The van der Waals surface area contributed by atoms with Gasteiger partial charge in [-0.3, -0.25) is 0 Å². The van der Waals surface area contributed by atoms with E-state index in [-0.39, 0.29) is 0 Å². The van der Waals surface area contributed by atoms with E-state index in [2.05, 4.69) is 33.4 Å². The summed E-state index contributed by atoms with van der Waals surface area (Å²) in [5.74, 6) is 0. The quantitative estimate of drug-likeness (QED) is 0.293. The SMILES string of the molecule is C=CCCCC(CCC)(CCC)CCCC. The van der Waals surface area contributed by atoms with Crippen LogP contribution in [0.5, 0.6) is 0 Å². The van der Waals surface area contributed by atoms with Crippen LogP contribution in [0.3, 0.4) is 0 Å². The third-order valence-corrected chi connectivity index (χ3v) is 3.74. The number of rotatable bonds is 11. The first kappa shape index (κ1) is 15.7. The van der Waals surface area contributed by atoms with E-state index in [1.165, 1.54) is 64.2 Å². The molecule has 0 aromatic heterocycles. The first-order valence-electron chi connectivity index (χ1n) is 7.35. The summed E-state index contributed by atoms with van der Waals surface area (Å²) in [5, 5.41) is 0. The number of unbranched alkanes of at least 4 members (excludes halogenated alkanes) is 2. The molecule has 0 heterocycles. The number of hydrogen-bond donors (Lipinski definition) is 0. The summed E-state index contributed by atoms with van der Waals surface area (Å²) < 4.78 is 0. The predicted octanol–water partition coefficient (Wildman–Crippen LogP) is 6.12. The molecule has 0 aliphatic rings. The second-order valence-electron chi connectivity index (χ2n) is 5.28. The van der Waals surface area contributed by atoms with Crippen LogP contribution in [0.25, 0.3) is 0 Å². The third kappa shape index (κ3) is 6.35. The Morgan fingerprint density at radius 1 is 0.812 bits per heavy atom. The molecule has 0 radical (unpaired) electrons. The molecule has 0 heteroatoms. The van der Waals surface area contributed by atoms with Crippen molar-refractivity contribution in [2.24, 2.45) is 5.41 Å². The van der Waals surface area contributed by atoms with Crippen molar-refractivity contribution >= 4 is 0 Å². The second-order valence-corrected chi connectivity index (χ2v) is 5.28. The molecule has 0 saturated heterocycles. The Balaban J connectivity index is 4.30. The zero-order chi connectivity index (χ0) is 12.3. The lowest BCUT2D eigenvalue weighted by atomic mass is 9.72. The summed E-state index contributed by atoms with van der Waals surface area (Å²) in [5.41, 5.74) is 0.655. The average molecular weight is 224 g/mol. The fourth-order valence-corrected chi connectivity index (χ4v) is 2.98. The van der Waals surface area contributed by atoms with E-state index in [0.29, 0.717) is 5.41 Å². The van der Waals surface area contributed by atoms with E-state index < -0.39 is 0 Å². The maximum Gasteiger partial charge on any atom is -0.0298 e. The highest BCUT2D eigenvalue weighted by molar-refractivity contribution is 4.80. The minimum Gasteiger partial charge on any atom is -0.103 e. The molecular weight excluding hydrogens is 192 g/mol. The van der Waals surface area contributed by atoms with E-state index >= 15 is 0 Å². The van der Waals surface area contributed by atoms with Crippen molar-refractivity contribution in [3.8, 4) is 0 Å². The molecule has 16 heavy (non-hydrogen) atoms. The Kier molecular flexibility index (Phi) is 9.77. The molecule has 0 aliphatic carbocycles. The van der Waals surface area contributed by atoms with Gasteiger partial charge in [0.2, 0.25) is 0 Å². The third-order valence-electron chi connectivity index (χ3n) is 3.74. The highest BCUT2D eigenvalue weighted by Gasteiger charge is 2.26. The van der Waals surface area contributed by atoms with Crippen molar-refractivity contribution < 1.29 is 0 Å². The van der Waals surface area contributed by atoms with Crippen LogP contribution in [-0.2, 0) is 0 Å². The van der Waals surface area contributed by atoms with Gasteiger partial charge in [-0.1, -0.05) is 52.5 Å². The molecule has 0 unspecified atom stereocenters. The van der Waals surface area contributed by atoms with Crippen molar-refractivity contribution in [2.75, 3.05) is 0 Å². The van der Waals surface area contributed by atoms with E-state index in [0.717, 1.165) is 0 Å². The molecule has 0 saturated carbocycles. The van der Waals surface area contributed by atoms with E-state index in [1.807, 2.05) is 0 Å². The van der Waals surface area contributed by atoms with Gasteiger partial charge in [-0.25, -0.2) is 0 Å². The summed E-state index contributed by atoms with van der Waals surface area (Å²) in [6.07, 6.45) is 15.8. The van der Waals surface area contributed by atoms with Gasteiger partial charge in [0.15, 0.2) is 0 Å². The van der Waals surface area contributed by atoms with Crippen LogP contribution >= 0.6 is 0 Å². The normalized spacial score (nSPS) is 11.7. The summed E-state index contributed by atoms with van der Waals surface area (Å²) in [6, 6.07) is 0. The monoisotopic (exact) mass is 224 g/mol. The Bertz CT molecular complexity index is 151. The van der Waals surface area contributed by atoms with Crippen LogP contribution in [0.2, 0.25) is 0 Å². The lowest BCUT2D eigenvalue weighted by Gasteiger charge is -2.34. The Morgan fingerprint density at radius 3 is 1.81 bits per heavy atom. The van der Waals surface area contributed by atoms with Gasteiger partial charge < -0.3 is 0 Å². The average Bonchev–Trinajstić information content (AvgIpc) is 2.27. The van der Waals surface area contributed by atoms with Crippen molar-refractivity contribution in [3.63, 3.8) is 0 Å². The van der Waals surface area contributed by atoms with Crippen LogP contribution in [0, 0.1) is 5.41 Å². The largest absolute Gasteiger partial charge is 0.103 e. The molecule has 96 valence electrons. The van der Waals surface area contributed by atoms with Gasteiger partial charge in [-0.05, 0) is 43.9 Å². The van der Waals surface area contributed by atoms with E-state index in [4.69, 9.17) is 0 Å². The molecule has 0 amide bonds. The van der Waals surface area contributed by atoms with Gasteiger partial charge in [0.1, 0.15) is 0 Å². The minimum atomic E-state index is 0.655. The molecule has 0 fully saturated rings. The molecule has 0 nitrogen and oxygen atoms in total. The van der Waals surface area contributed by atoms with Crippen LogP contribution in [-0.4, -0.2) is 0 Å². The molecule has 0 aliphatic heterocycles.